The van der Waals surface area contributed by atoms with Crippen LogP contribution in [0.15, 0.2) is 18.2 Å². The largest absolute Gasteiger partial charge is 0.494 e. The highest BCUT2D eigenvalue weighted by Crippen LogP contribution is 2.34. The minimum atomic E-state index is 0.359. The Morgan fingerprint density at radius 3 is 2.70 bits per heavy atom. The maximum Gasteiger partial charge on any atom is 0.120 e. The highest BCUT2D eigenvalue weighted by atomic mass is 16.5. The van der Waals surface area contributed by atoms with E-state index in [2.05, 4.69) is 31.2 Å². The van der Waals surface area contributed by atoms with Gasteiger partial charge in [0.15, 0.2) is 0 Å². The monoisotopic (exact) mass is 273 g/mol. The third kappa shape index (κ3) is 2.70. The number of benzene rings is 1. The predicted molar refractivity (Wildman–Crippen MR) is 84.2 cm³/mol. The summed E-state index contributed by atoms with van der Waals surface area (Å²) in [5.41, 5.74) is 6.91. The maximum atomic E-state index is 5.76. The van der Waals surface area contributed by atoms with Crippen LogP contribution in [0, 0.1) is 6.92 Å². The van der Waals surface area contributed by atoms with Crippen molar-refractivity contribution < 1.29 is 4.74 Å². The Morgan fingerprint density at radius 1 is 1.35 bits per heavy atom. The Balaban J connectivity index is 2.62. The first-order valence-electron chi connectivity index (χ1n) is 7.12. The summed E-state index contributed by atoms with van der Waals surface area (Å²) in [7, 11) is 0. The van der Waals surface area contributed by atoms with Gasteiger partial charge in [-0.3, -0.25) is 10.8 Å². The van der Waals surface area contributed by atoms with Crippen molar-refractivity contribution in [1.29, 1.82) is 0 Å². The SMILES string of the molecule is CCCOc1ccc2nc(C)c(C(C)C)c(NN)c2c1. The number of aromatic nitrogens is 1. The minimum Gasteiger partial charge on any atom is -0.494 e. The van der Waals surface area contributed by atoms with Gasteiger partial charge in [-0.05, 0) is 37.5 Å². The van der Waals surface area contributed by atoms with Gasteiger partial charge in [0.2, 0.25) is 0 Å². The molecule has 0 amide bonds. The van der Waals surface area contributed by atoms with E-state index in [9.17, 15) is 0 Å². The molecular weight excluding hydrogens is 250 g/mol. The van der Waals surface area contributed by atoms with E-state index < -0.39 is 0 Å². The van der Waals surface area contributed by atoms with Gasteiger partial charge in [0.05, 0.1) is 17.8 Å². The van der Waals surface area contributed by atoms with Gasteiger partial charge in [0.1, 0.15) is 5.75 Å². The maximum absolute atomic E-state index is 5.76. The molecule has 2 rings (SSSR count). The molecule has 1 aromatic carbocycles. The van der Waals surface area contributed by atoms with E-state index in [1.807, 2.05) is 25.1 Å². The number of pyridine rings is 1. The molecule has 0 aliphatic carbocycles. The van der Waals surface area contributed by atoms with Gasteiger partial charge in [-0.15, -0.1) is 0 Å². The Hall–Kier alpha value is -1.81. The first kappa shape index (κ1) is 14.6. The minimum absolute atomic E-state index is 0.359. The molecule has 108 valence electrons. The molecule has 0 radical (unpaired) electrons. The fraction of sp³-hybridized carbons (Fsp3) is 0.438. The highest BCUT2D eigenvalue weighted by molar-refractivity contribution is 5.94. The van der Waals surface area contributed by atoms with Crippen LogP contribution in [0.2, 0.25) is 0 Å². The molecule has 1 aromatic heterocycles. The third-order valence-electron chi connectivity index (χ3n) is 3.38. The number of nitrogens with two attached hydrogens (primary N) is 1. The summed E-state index contributed by atoms with van der Waals surface area (Å²) in [6, 6.07) is 5.95. The number of rotatable bonds is 5. The molecule has 0 saturated heterocycles. The van der Waals surface area contributed by atoms with Crippen molar-refractivity contribution in [3.05, 3.63) is 29.5 Å². The van der Waals surface area contributed by atoms with Crippen LogP contribution in [0.4, 0.5) is 5.69 Å². The van der Waals surface area contributed by atoms with Gasteiger partial charge < -0.3 is 10.2 Å². The van der Waals surface area contributed by atoms with Crippen LogP contribution in [0.3, 0.4) is 0 Å². The molecule has 4 nitrogen and oxygen atoms in total. The number of aryl methyl sites for hydroxylation is 1. The number of hydrogen-bond donors (Lipinski definition) is 2. The molecule has 0 atom stereocenters. The average molecular weight is 273 g/mol. The Bertz CT molecular complexity index is 608. The van der Waals surface area contributed by atoms with Crippen LogP contribution in [-0.4, -0.2) is 11.6 Å². The molecule has 0 spiro atoms. The van der Waals surface area contributed by atoms with E-state index in [0.717, 1.165) is 40.0 Å². The van der Waals surface area contributed by atoms with Crippen molar-refractivity contribution in [2.45, 2.75) is 40.0 Å². The molecular formula is C16H23N3O. The fourth-order valence-electron chi connectivity index (χ4n) is 2.55. The summed E-state index contributed by atoms with van der Waals surface area (Å²) in [5, 5.41) is 1.01. The van der Waals surface area contributed by atoms with E-state index in [0.29, 0.717) is 12.5 Å². The van der Waals surface area contributed by atoms with Crippen molar-refractivity contribution in [3.63, 3.8) is 0 Å². The molecule has 0 saturated carbocycles. The first-order valence-corrected chi connectivity index (χ1v) is 7.12. The second-order valence-electron chi connectivity index (χ2n) is 5.31. The molecule has 1 heterocycles. The number of hydrogen-bond acceptors (Lipinski definition) is 4. The highest BCUT2D eigenvalue weighted by Gasteiger charge is 2.15. The number of fused-ring (bicyclic) bond motifs is 1. The zero-order valence-corrected chi connectivity index (χ0v) is 12.7. The second kappa shape index (κ2) is 6.09. The van der Waals surface area contributed by atoms with Crippen molar-refractivity contribution in [1.82, 2.24) is 4.98 Å². The molecule has 2 aromatic rings. The van der Waals surface area contributed by atoms with E-state index in [-0.39, 0.29) is 0 Å². The van der Waals surface area contributed by atoms with E-state index >= 15 is 0 Å². The van der Waals surface area contributed by atoms with Gasteiger partial charge in [-0.2, -0.15) is 0 Å². The summed E-state index contributed by atoms with van der Waals surface area (Å²) in [6.45, 7) is 9.13. The van der Waals surface area contributed by atoms with E-state index in [4.69, 9.17) is 10.6 Å². The first-order chi connectivity index (χ1) is 9.58. The molecule has 20 heavy (non-hydrogen) atoms. The van der Waals surface area contributed by atoms with Crippen LogP contribution < -0.4 is 16.0 Å². The molecule has 0 aliphatic rings. The number of hydrazine groups is 1. The van der Waals surface area contributed by atoms with Gasteiger partial charge in [0, 0.05) is 16.6 Å². The quantitative estimate of drug-likeness (QED) is 0.643. The Labute approximate surface area is 120 Å². The molecule has 4 heteroatoms. The predicted octanol–water partition coefficient (Wildman–Crippen LogP) is 3.74. The van der Waals surface area contributed by atoms with E-state index in [1.165, 1.54) is 0 Å². The van der Waals surface area contributed by atoms with Crippen molar-refractivity contribution in [2.75, 3.05) is 12.0 Å². The summed E-state index contributed by atoms with van der Waals surface area (Å²) in [6.07, 6.45) is 0.990. The number of nitrogens with one attached hydrogen (secondary N) is 1. The molecule has 0 bridgehead atoms. The molecule has 0 aliphatic heterocycles. The number of nitrogen functional groups attached to an aromatic ring is 1. The second-order valence-corrected chi connectivity index (χ2v) is 5.31. The zero-order valence-electron chi connectivity index (χ0n) is 12.7. The van der Waals surface area contributed by atoms with Crippen LogP contribution in [-0.2, 0) is 0 Å². The topological polar surface area (TPSA) is 60.2 Å². The lowest BCUT2D eigenvalue weighted by Crippen LogP contribution is -2.12. The summed E-state index contributed by atoms with van der Waals surface area (Å²) in [5.74, 6) is 6.97. The summed E-state index contributed by atoms with van der Waals surface area (Å²) >= 11 is 0. The molecule has 0 fully saturated rings. The smallest absolute Gasteiger partial charge is 0.120 e. The lowest BCUT2D eigenvalue weighted by molar-refractivity contribution is 0.318. The average Bonchev–Trinajstić information content (AvgIpc) is 2.43. The van der Waals surface area contributed by atoms with Crippen LogP contribution in [0.25, 0.3) is 10.9 Å². The van der Waals surface area contributed by atoms with Crippen molar-refractivity contribution in [3.8, 4) is 5.75 Å². The normalized spacial score (nSPS) is 11.1. The summed E-state index contributed by atoms with van der Waals surface area (Å²) in [4.78, 5) is 4.68. The Morgan fingerprint density at radius 2 is 2.10 bits per heavy atom. The zero-order chi connectivity index (χ0) is 14.7. The van der Waals surface area contributed by atoms with Gasteiger partial charge in [0.25, 0.3) is 0 Å². The number of nitrogens with zero attached hydrogens (tertiary/aromatic N) is 1. The van der Waals surface area contributed by atoms with Crippen molar-refractivity contribution in [2.24, 2.45) is 5.84 Å². The lowest BCUT2D eigenvalue weighted by atomic mass is 9.97. The molecule has 3 N–H and O–H groups in total. The van der Waals surface area contributed by atoms with Crippen LogP contribution in [0.5, 0.6) is 5.75 Å². The standard InChI is InChI=1S/C16H23N3O/c1-5-8-20-12-6-7-14-13(9-12)16(19-17)15(10(2)3)11(4)18-14/h6-7,9-10H,5,8,17H2,1-4H3,(H,18,19). The number of anilines is 1. The van der Waals surface area contributed by atoms with Gasteiger partial charge >= 0.3 is 0 Å². The van der Waals surface area contributed by atoms with Crippen LogP contribution in [0.1, 0.15) is 44.4 Å². The van der Waals surface area contributed by atoms with E-state index in [1.54, 1.807) is 0 Å². The fourth-order valence-corrected chi connectivity index (χ4v) is 2.55. The van der Waals surface area contributed by atoms with Gasteiger partial charge in [-0.1, -0.05) is 20.8 Å². The third-order valence-corrected chi connectivity index (χ3v) is 3.38. The lowest BCUT2D eigenvalue weighted by Gasteiger charge is -2.18. The molecule has 0 unspecified atom stereocenters. The van der Waals surface area contributed by atoms with Crippen molar-refractivity contribution >= 4 is 16.6 Å². The van der Waals surface area contributed by atoms with Crippen LogP contribution >= 0.6 is 0 Å². The van der Waals surface area contributed by atoms with Gasteiger partial charge in [-0.25, -0.2) is 0 Å². The Kier molecular flexibility index (Phi) is 4.45. The number of ether oxygens (including phenoxy) is 1. The summed E-state index contributed by atoms with van der Waals surface area (Å²) < 4.78 is 5.70.